The average Bonchev–Trinajstić information content (AvgIpc) is 3.73. The van der Waals surface area contributed by atoms with Gasteiger partial charge < -0.3 is 0 Å². The predicted molar refractivity (Wildman–Crippen MR) is 214 cm³/mol. The highest BCUT2D eigenvalue weighted by Crippen LogP contribution is 2.42. The third kappa shape index (κ3) is 4.11. The first kappa shape index (κ1) is 27.9. The molecule has 11 rings (SSSR count). The van der Waals surface area contributed by atoms with E-state index in [4.69, 9.17) is 4.98 Å². The number of hydrogen-bond acceptors (Lipinski definition) is 2. The van der Waals surface area contributed by atoms with E-state index in [1.54, 1.807) is 0 Å². The fourth-order valence-electron chi connectivity index (χ4n) is 8.47. The largest absolute Gasteiger partial charge is 0.294 e. The van der Waals surface area contributed by atoms with Crippen molar-refractivity contribution in [3.63, 3.8) is 0 Å². The van der Waals surface area contributed by atoms with Gasteiger partial charge in [0.25, 0.3) is 0 Å². The number of benzene rings is 7. The van der Waals surface area contributed by atoms with Crippen LogP contribution < -0.4 is 0 Å². The van der Waals surface area contributed by atoms with Gasteiger partial charge in [-0.3, -0.25) is 4.57 Å². The van der Waals surface area contributed by atoms with Gasteiger partial charge in [-0.1, -0.05) is 127 Å². The molecule has 0 fully saturated rings. The lowest BCUT2D eigenvalue weighted by atomic mass is 9.80. The second-order valence-electron chi connectivity index (χ2n) is 13.5. The summed E-state index contributed by atoms with van der Waals surface area (Å²) in [7, 11) is 0. The molecule has 0 radical (unpaired) electrons. The molecule has 1 atom stereocenters. The molecule has 234 valence electrons. The fourth-order valence-corrected chi connectivity index (χ4v) is 9.51. The quantitative estimate of drug-likeness (QED) is 0.173. The molecular formula is C47H30N2S. The molecule has 1 unspecified atom stereocenters. The van der Waals surface area contributed by atoms with E-state index < -0.39 is 0 Å². The summed E-state index contributed by atoms with van der Waals surface area (Å²) < 4.78 is 4.80. The molecule has 7 aromatic carbocycles. The molecule has 50 heavy (non-hydrogen) atoms. The predicted octanol–water partition coefficient (Wildman–Crippen LogP) is 12.9. The summed E-state index contributed by atoms with van der Waals surface area (Å²) in [5.74, 6) is 1.27. The van der Waals surface area contributed by atoms with Gasteiger partial charge in [0.05, 0.1) is 15.7 Å². The Bertz CT molecular complexity index is 2980. The van der Waals surface area contributed by atoms with E-state index in [9.17, 15) is 0 Å². The van der Waals surface area contributed by atoms with Crippen LogP contribution in [0.15, 0.2) is 158 Å². The number of nitrogens with zero attached hydrogens (tertiary/aromatic N) is 2. The van der Waals surface area contributed by atoms with Crippen LogP contribution in [0.4, 0.5) is 0 Å². The van der Waals surface area contributed by atoms with Gasteiger partial charge in [0.2, 0.25) is 0 Å². The number of fused-ring (bicyclic) bond motifs is 12. The molecule has 0 N–H and O–H groups in total. The lowest BCUT2D eigenvalue weighted by Crippen LogP contribution is -2.07. The molecule has 3 heteroatoms. The summed E-state index contributed by atoms with van der Waals surface area (Å²) >= 11 is 1.82. The van der Waals surface area contributed by atoms with Crippen molar-refractivity contribution in [1.82, 2.24) is 9.55 Å². The van der Waals surface area contributed by atoms with Gasteiger partial charge in [0.15, 0.2) is 0 Å². The van der Waals surface area contributed by atoms with Gasteiger partial charge in [-0.05, 0) is 86.1 Å². The minimum absolute atomic E-state index is 0.317. The lowest BCUT2D eigenvalue weighted by molar-refractivity contribution is 0.835. The van der Waals surface area contributed by atoms with E-state index in [1.165, 1.54) is 91.3 Å². The molecule has 10 aromatic rings. The third-order valence-electron chi connectivity index (χ3n) is 10.8. The van der Waals surface area contributed by atoms with E-state index in [-0.39, 0.29) is 0 Å². The standard InChI is InChI=1S/C47H30N2S/c1-2-14-35-33(12-1)34-13-3-4-15-36(34)40-25-31(20-22-37(35)40)29-10-9-11-30(24-29)32-21-23-45-41(26-32)42-27-47(48-28-46(42)50-45)49-43-18-7-5-16-38(43)39-17-6-8-19-44(39)49/h1-24,26-28,31H,25H2. The van der Waals surface area contributed by atoms with Gasteiger partial charge in [-0.25, -0.2) is 4.98 Å². The average molecular weight is 655 g/mol. The van der Waals surface area contributed by atoms with E-state index in [0.29, 0.717) is 5.92 Å². The van der Waals surface area contributed by atoms with Gasteiger partial charge in [-0.2, -0.15) is 0 Å². The van der Waals surface area contributed by atoms with E-state index in [0.717, 1.165) is 12.2 Å². The van der Waals surface area contributed by atoms with Crippen LogP contribution in [0.2, 0.25) is 0 Å². The van der Waals surface area contributed by atoms with Crippen molar-refractivity contribution in [2.24, 2.45) is 0 Å². The molecule has 0 saturated heterocycles. The zero-order chi connectivity index (χ0) is 32.8. The smallest absolute Gasteiger partial charge is 0.138 e. The summed E-state index contributed by atoms with van der Waals surface area (Å²) in [6.45, 7) is 0. The summed E-state index contributed by atoms with van der Waals surface area (Å²) in [6, 6.07) is 53.5. The van der Waals surface area contributed by atoms with Crippen LogP contribution in [0.5, 0.6) is 0 Å². The molecule has 0 bridgehead atoms. The Kier molecular flexibility index (Phi) is 5.98. The second kappa shape index (κ2) is 10.7. The Morgan fingerprint density at radius 3 is 1.94 bits per heavy atom. The highest BCUT2D eigenvalue weighted by molar-refractivity contribution is 7.25. The zero-order valence-electron chi connectivity index (χ0n) is 27.2. The van der Waals surface area contributed by atoms with Crippen LogP contribution in [0.25, 0.3) is 86.5 Å². The van der Waals surface area contributed by atoms with E-state index >= 15 is 0 Å². The number of pyridine rings is 1. The summed E-state index contributed by atoms with van der Waals surface area (Å²) in [5, 5.41) is 10.4. The number of para-hydroxylation sites is 2. The maximum atomic E-state index is 5.01. The minimum Gasteiger partial charge on any atom is -0.294 e. The molecule has 2 nitrogen and oxygen atoms in total. The van der Waals surface area contributed by atoms with E-state index in [2.05, 4.69) is 169 Å². The van der Waals surface area contributed by atoms with Gasteiger partial charge in [0, 0.05) is 38.4 Å². The van der Waals surface area contributed by atoms with Gasteiger partial charge in [0.1, 0.15) is 5.82 Å². The molecule has 0 saturated carbocycles. The highest BCUT2D eigenvalue weighted by atomic mass is 32.1. The Hall–Kier alpha value is -6.03. The zero-order valence-corrected chi connectivity index (χ0v) is 28.0. The topological polar surface area (TPSA) is 17.8 Å². The summed E-state index contributed by atoms with van der Waals surface area (Å²) in [6.07, 6.45) is 7.84. The molecule has 1 aliphatic rings. The molecule has 0 amide bonds. The number of hydrogen-bond donors (Lipinski definition) is 0. The van der Waals surface area contributed by atoms with Crippen LogP contribution in [0.3, 0.4) is 0 Å². The third-order valence-corrected chi connectivity index (χ3v) is 11.9. The normalized spacial score (nSPS) is 14.4. The highest BCUT2D eigenvalue weighted by Gasteiger charge is 2.21. The Labute approximate surface area is 293 Å². The minimum atomic E-state index is 0.317. The second-order valence-corrected chi connectivity index (χ2v) is 14.6. The SMILES string of the molecule is C1=CC(c2cccc(-c3ccc4sc5cnc(-n6c7ccccc7c7ccccc76)cc5c4c3)c2)Cc2c1c1ccccc1c1ccccc21. The van der Waals surface area contributed by atoms with Crippen molar-refractivity contribution in [2.75, 3.05) is 0 Å². The van der Waals surface area contributed by atoms with Crippen molar-refractivity contribution in [3.05, 3.63) is 175 Å². The van der Waals surface area contributed by atoms with Crippen molar-refractivity contribution < 1.29 is 0 Å². The van der Waals surface area contributed by atoms with Crippen LogP contribution in [-0.4, -0.2) is 9.55 Å². The number of rotatable bonds is 3. The first-order valence-electron chi connectivity index (χ1n) is 17.3. The maximum absolute atomic E-state index is 5.01. The lowest BCUT2D eigenvalue weighted by Gasteiger charge is -2.24. The molecule has 3 aromatic heterocycles. The monoisotopic (exact) mass is 654 g/mol. The maximum Gasteiger partial charge on any atom is 0.138 e. The fraction of sp³-hybridized carbons (Fsp3) is 0.0426. The van der Waals surface area contributed by atoms with E-state index in [1.807, 2.05) is 11.3 Å². The van der Waals surface area contributed by atoms with Crippen molar-refractivity contribution >= 4 is 80.9 Å². The Morgan fingerprint density at radius 2 is 1.16 bits per heavy atom. The number of aromatic nitrogens is 2. The first-order chi connectivity index (χ1) is 24.8. The van der Waals surface area contributed by atoms with Gasteiger partial charge >= 0.3 is 0 Å². The Morgan fingerprint density at radius 1 is 0.520 bits per heavy atom. The van der Waals surface area contributed by atoms with Crippen molar-refractivity contribution in [3.8, 4) is 16.9 Å². The number of allylic oxidation sites excluding steroid dienone is 1. The molecule has 0 spiro atoms. The van der Waals surface area contributed by atoms with Gasteiger partial charge in [-0.15, -0.1) is 11.3 Å². The summed E-state index contributed by atoms with van der Waals surface area (Å²) in [4.78, 5) is 5.01. The Balaban J connectivity index is 1.01. The summed E-state index contributed by atoms with van der Waals surface area (Å²) in [5.41, 5.74) is 9.03. The van der Waals surface area contributed by atoms with Crippen molar-refractivity contribution in [2.45, 2.75) is 12.3 Å². The van der Waals surface area contributed by atoms with Crippen molar-refractivity contribution in [1.29, 1.82) is 0 Å². The molecule has 3 heterocycles. The van der Waals surface area contributed by atoms with Crippen LogP contribution in [-0.2, 0) is 6.42 Å². The molecule has 0 aliphatic heterocycles. The molecule has 1 aliphatic carbocycles. The van der Waals surface area contributed by atoms with Crippen LogP contribution >= 0.6 is 11.3 Å². The molecular weight excluding hydrogens is 625 g/mol. The van der Waals surface area contributed by atoms with Crippen LogP contribution in [0.1, 0.15) is 22.6 Å². The van der Waals surface area contributed by atoms with Crippen LogP contribution in [0, 0.1) is 0 Å². The number of thiophene rings is 1. The first-order valence-corrected chi connectivity index (χ1v) is 18.1.